The van der Waals surface area contributed by atoms with Gasteiger partial charge in [0.15, 0.2) is 0 Å². The number of ether oxygens (including phenoxy) is 2. The van der Waals surface area contributed by atoms with Gasteiger partial charge in [0.25, 0.3) is 0 Å². The van der Waals surface area contributed by atoms with Gasteiger partial charge in [-0.05, 0) is 63.3 Å². The second kappa shape index (κ2) is 9.20. The van der Waals surface area contributed by atoms with Gasteiger partial charge in [-0.25, -0.2) is 0 Å². The molecule has 1 aromatic carbocycles. The summed E-state index contributed by atoms with van der Waals surface area (Å²) in [5, 5.41) is 0. The summed E-state index contributed by atoms with van der Waals surface area (Å²) in [6.45, 7) is 7.30. The Labute approximate surface area is 142 Å². The third-order valence-electron chi connectivity index (χ3n) is 4.93. The number of hydrogen-bond donors (Lipinski definition) is 0. The van der Waals surface area contributed by atoms with Crippen molar-refractivity contribution < 1.29 is 9.47 Å². The summed E-state index contributed by atoms with van der Waals surface area (Å²) < 4.78 is 11.9. The van der Waals surface area contributed by atoms with E-state index in [-0.39, 0.29) is 5.60 Å². The fourth-order valence-corrected chi connectivity index (χ4v) is 3.45. The average molecular weight is 319 g/mol. The molecule has 1 heterocycles. The number of unbranched alkanes of at least 4 members (excludes halogenated alkanes) is 6. The van der Waals surface area contributed by atoms with E-state index in [2.05, 4.69) is 26.0 Å². The predicted molar refractivity (Wildman–Crippen MR) is 97.6 cm³/mol. The minimum Gasteiger partial charge on any atom is -0.494 e. The standard InChI is InChI=1S/C21H34O2/c1-4-6-7-8-9-10-11-15-21(3)16-14-18-17-19(22-5-2)12-13-20(18)23-21/h12-13,17H,4-11,14-16H2,1-3H3. The van der Waals surface area contributed by atoms with Crippen LogP contribution < -0.4 is 9.47 Å². The van der Waals surface area contributed by atoms with Crippen molar-refractivity contribution >= 4 is 0 Å². The van der Waals surface area contributed by atoms with E-state index in [9.17, 15) is 0 Å². The maximum absolute atomic E-state index is 6.34. The Hall–Kier alpha value is -1.18. The van der Waals surface area contributed by atoms with Crippen LogP contribution in [0, 0.1) is 0 Å². The summed E-state index contributed by atoms with van der Waals surface area (Å²) in [5.74, 6) is 2.02. The zero-order chi connectivity index (χ0) is 16.5. The highest BCUT2D eigenvalue weighted by molar-refractivity contribution is 5.42. The zero-order valence-corrected chi connectivity index (χ0v) is 15.3. The van der Waals surface area contributed by atoms with Crippen LogP contribution in [0.3, 0.4) is 0 Å². The molecule has 0 amide bonds. The quantitative estimate of drug-likeness (QED) is 0.471. The highest BCUT2D eigenvalue weighted by Crippen LogP contribution is 2.37. The fourth-order valence-electron chi connectivity index (χ4n) is 3.45. The number of rotatable bonds is 10. The molecule has 1 unspecified atom stereocenters. The van der Waals surface area contributed by atoms with Crippen molar-refractivity contribution in [2.45, 2.75) is 90.6 Å². The van der Waals surface area contributed by atoms with Crippen LogP contribution in [-0.2, 0) is 6.42 Å². The van der Waals surface area contributed by atoms with Gasteiger partial charge in [-0.2, -0.15) is 0 Å². The molecule has 0 spiro atoms. The molecule has 2 heteroatoms. The highest BCUT2D eigenvalue weighted by Gasteiger charge is 2.31. The van der Waals surface area contributed by atoms with Gasteiger partial charge in [-0.15, -0.1) is 0 Å². The molecule has 0 fully saturated rings. The van der Waals surface area contributed by atoms with Gasteiger partial charge in [0.2, 0.25) is 0 Å². The van der Waals surface area contributed by atoms with E-state index in [4.69, 9.17) is 9.47 Å². The molecule has 1 atom stereocenters. The predicted octanol–water partition coefficient (Wildman–Crippen LogP) is 6.31. The van der Waals surface area contributed by atoms with Crippen molar-refractivity contribution in [3.8, 4) is 11.5 Å². The average Bonchev–Trinajstić information content (AvgIpc) is 2.55. The van der Waals surface area contributed by atoms with Crippen molar-refractivity contribution in [1.82, 2.24) is 0 Å². The monoisotopic (exact) mass is 318 g/mol. The first-order valence-corrected chi connectivity index (χ1v) is 9.61. The Morgan fingerprint density at radius 1 is 1.04 bits per heavy atom. The van der Waals surface area contributed by atoms with Crippen LogP contribution in [0.4, 0.5) is 0 Å². The molecule has 1 aliphatic rings. The smallest absolute Gasteiger partial charge is 0.123 e. The number of aryl methyl sites for hydroxylation is 1. The molecular formula is C21H34O2. The molecule has 0 saturated carbocycles. The van der Waals surface area contributed by atoms with Crippen LogP contribution in [0.1, 0.15) is 84.1 Å². The minimum absolute atomic E-state index is 0.0174. The normalized spacial score (nSPS) is 20.0. The Morgan fingerprint density at radius 3 is 2.52 bits per heavy atom. The lowest BCUT2D eigenvalue weighted by molar-refractivity contribution is 0.0533. The molecular weight excluding hydrogens is 284 g/mol. The summed E-state index contributed by atoms with van der Waals surface area (Å²) in [7, 11) is 0. The SMILES string of the molecule is CCCCCCCCCC1(C)CCc2cc(OCC)ccc2O1. The van der Waals surface area contributed by atoms with Gasteiger partial charge in [-0.3, -0.25) is 0 Å². The van der Waals surface area contributed by atoms with Gasteiger partial charge in [0.1, 0.15) is 17.1 Å². The van der Waals surface area contributed by atoms with Crippen molar-refractivity contribution in [2.75, 3.05) is 6.61 Å². The van der Waals surface area contributed by atoms with Crippen molar-refractivity contribution in [3.63, 3.8) is 0 Å². The first-order valence-electron chi connectivity index (χ1n) is 9.61. The van der Waals surface area contributed by atoms with Crippen molar-refractivity contribution in [2.24, 2.45) is 0 Å². The summed E-state index contributed by atoms with van der Waals surface area (Å²) in [5.41, 5.74) is 1.32. The summed E-state index contributed by atoms with van der Waals surface area (Å²) in [6, 6.07) is 6.26. The van der Waals surface area contributed by atoms with E-state index in [0.717, 1.165) is 30.9 Å². The maximum Gasteiger partial charge on any atom is 0.123 e. The molecule has 0 aromatic heterocycles. The zero-order valence-electron chi connectivity index (χ0n) is 15.3. The van der Waals surface area contributed by atoms with Crippen LogP contribution in [0.2, 0.25) is 0 Å². The number of fused-ring (bicyclic) bond motifs is 1. The van der Waals surface area contributed by atoms with Crippen LogP contribution >= 0.6 is 0 Å². The highest BCUT2D eigenvalue weighted by atomic mass is 16.5. The van der Waals surface area contributed by atoms with Crippen molar-refractivity contribution in [1.29, 1.82) is 0 Å². The molecule has 0 aliphatic carbocycles. The van der Waals surface area contributed by atoms with E-state index in [1.54, 1.807) is 0 Å². The summed E-state index contributed by atoms with van der Waals surface area (Å²) in [4.78, 5) is 0. The Bertz CT molecular complexity index is 469. The van der Waals surface area contributed by atoms with E-state index >= 15 is 0 Å². The fraction of sp³-hybridized carbons (Fsp3) is 0.714. The third-order valence-corrected chi connectivity index (χ3v) is 4.93. The Kier molecular flexibility index (Phi) is 7.26. The van der Waals surface area contributed by atoms with Gasteiger partial charge in [0.05, 0.1) is 6.61 Å². The lowest BCUT2D eigenvalue weighted by atomic mass is 9.88. The molecule has 23 heavy (non-hydrogen) atoms. The van der Waals surface area contributed by atoms with Crippen LogP contribution in [-0.4, -0.2) is 12.2 Å². The largest absolute Gasteiger partial charge is 0.494 e. The summed E-state index contributed by atoms with van der Waals surface area (Å²) >= 11 is 0. The maximum atomic E-state index is 6.34. The summed E-state index contributed by atoms with van der Waals surface area (Å²) in [6.07, 6.45) is 12.9. The van der Waals surface area contributed by atoms with Crippen LogP contribution in [0.5, 0.6) is 11.5 Å². The lowest BCUT2D eigenvalue weighted by Gasteiger charge is -2.36. The van der Waals surface area contributed by atoms with Gasteiger partial charge < -0.3 is 9.47 Å². The topological polar surface area (TPSA) is 18.5 Å². The van der Waals surface area contributed by atoms with Gasteiger partial charge >= 0.3 is 0 Å². The van der Waals surface area contributed by atoms with Crippen molar-refractivity contribution in [3.05, 3.63) is 23.8 Å². The molecule has 0 N–H and O–H groups in total. The Morgan fingerprint density at radius 2 is 1.78 bits per heavy atom. The number of benzene rings is 1. The molecule has 0 bridgehead atoms. The third kappa shape index (κ3) is 5.75. The van der Waals surface area contributed by atoms with E-state index < -0.39 is 0 Å². The van der Waals surface area contributed by atoms with Gasteiger partial charge in [-0.1, -0.05) is 45.4 Å². The minimum atomic E-state index is 0.0174. The van der Waals surface area contributed by atoms with E-state index in [1.165, 1.54) is 56.9 Å². The molecule has 2 nitrogen and oxygen atoms in total. The number of hydrogen-bond acceptors (Lipinski definition) is 2. The second-order valence-electron chi connectivity index (χ2n) is 7.13. The molecule has 2 rings (SSSR count). The second-order valence-corrected chi connectivity index (χ2v) is 7.13. The van der Waals surface area contributed by atoms with Gasteiger partial charge in [0, 0.05) is 0 Å². The first-order chi connectivity index (χ1) is 11.2. The molecule has 0 radical (unpaired) electrons. The molecule has 1 aliphatic heterocycles. The van der Waals surface area contributed by atoms with E-state index in [0.29, 0.717) is 0 Å². The molecule has 0 saturated heterocycles. The van der Waals surface area contributed by atoms with Crippen LogP contribution in [0.15, 0.2) is 18.2 Å². The molecule has 1 aromatic rings. The van der Waals surface area contributed by atoms with Crippen LogP contribution in [0.25, 0.3) is 0 Å². The Balaban J connectivity index is 1.76. The first kappa shape index (κ1) is 18.2. The molecule has 130 valence electrons. The lowest BCUT2D eigenvalue weighted by Crippen LogP contribution is -2.36. The van der Waals surface area contributed by atoms with E-state index in [1.807, 2.05) is 13.0 Å².